The quantitative estimate of drug-likeness (QED) is 0.295. The maximum atomic E-state index is 13.1. The fourth-order valence-corrected chi connectivity index (χ4v) is 5.17. The molecule has 0 aromatic heterocycles. The Morgan fingerprint density at radius 1 is 0.923 bits per heavy atom. The zero-order chi connectivity index (χ0) is 28.3. The number of methoxy groups -OCH3 is 1. The Bertz CT molecular complexity index is 1300. The Morgan fingerprint density at radius 3 is 2.13 bits per heavy atom. The molecule has 0 radical (unpaired) electrons. The molecule has 0 unspecified atom stereocenters. The lowest BCUT2D eigenvalue weighted by molar-refractivity contribution is 0.0261. The first-order valence-electron chi connectivity index (χ1n) is 12.8. The smallest absolute Gasteiger partial charge is 0.407 e. The summed E-state index contributed by atoms with van der Waals surface area (Å²) < 4.78 is 43.2. The van der Waals surface area contributed by atoms with Crippen molar-refractivity contribution >= 4 is 22.0 Å². The first-order chi connectivity index (χ1) is 18.6. The highest BCUT2D eigenvalue weighted by Gasteiger charge is 2.28. The zero-order valence-corrected chi connectivity index (χ0v) is 23.7. The summed E-state index contributed by atoms with van der Waals surface area (Å²) in [5, 5.41) is 2.87. The molecule has 39 heavy (non-hydrogen) atoms. The second-order valence-electron chi connectivity index (χ2n) is 10.1. The standard InChI is InChI=1S/C31H37NO6S/c1-31(2,3)38-30(33)32-28(21-22-39(34,35)27-13-9-6-10-14-27)29(20-17-24-11-7-5-8-12-24)37-23-25-15-18-26(36-4)19-16-25/h5-20,28-29H,21-23H2,1-4H3,(H,32,33)/b20-17+/t28-,29-/m0/s1. The normalized spacial score (nSPS) is 13.5. The molecule has 3 aromatic rings. The SMILES string of the molecule is COc1ccc(CO[C@@H](/C=C/c2ccccc2)[C@H](CCS(=O)(=O)c2ccccc2)NC(=O)OC(C)(C)C)cc1. The molecule has 3 rings (SSSR count). The van der Waals surface area contributed by atoms with Crippen LogP contribution in [0.1, 0.15) is 38.3 Å². The minimum Gasteiger partial charge on any atom is -0.497 e. The van der Waals surface area contributed by atoms with Crippen molar-refractivity contribution in [1.82, 2.24) is 5.32 Å². The number of hydrogen-bond donors (Lipinski definition) is 1. The van der Waals surface area contributed by atoms with Crippen molar-refractivity contribution in [2.45, 2.75) is 56.4 Å². The summed E-state index contributed by atoms with van der Waals surface area (Å²) in [6.07, 6.45) is 2.56. The van der Waals surface area contributed by atoms with Crippen LogP contribution >= 0.6 is 0 Å². The maximum Gasteiger partial charge on any atom is 0.407 e. The highest BCUT2D eigenvalue weighted by Crippen LogP contribution is 2.19. The van der Waals surface area contributed by atoms with E-state index in [4.69, 9.17) is 14.2 Å². The van der Waals surface area contributed by atoms with E-state index in [1.54, 1.807) is 58.2 Å². The summed E-state index contributed by atoms with van der Waals surface area (Å²) >= 11 is 0. The highest BCUT2D eigenvalue weighted by atomic mass is 32.2. The lowest BCUT2D eigenvalue weighted by atomic mass is 10.1. The van der Waals surface area contributed by atoms with E-state index in [9.17, 15) is 13.2 Å². The molecule has 0 saturated carbocycles. The molecule has 2 atom stereocenters. The molecule has 7 nitrogen and oxygen atoms in total. The van der Waals surface area contributed by atoms with Gasteiger partial charge < -0.3 is 19.5 Å². The first-order valence-corrected chi connectivity index (χ1v) is 14.5. The number of ether oxygens (including phenoxy) is 3. The van der Waals surface area contributed by atoms with Gasteiger partial charge in [0, 0.05) is 0 Å². The molecule has 0 aliphatic rings. The molecule has 0 spiro atoms. The summed E-state index contributed by atoms with van der Waals surface area (Å²) in [6, 6.07) is 24.8. The van der Waals surface area contributed by atoms with Crippen molar-refractivity contribution in [3.05, 3.63) is 102 Å². The van der Waals surface area contributed by atoms with E-state index in [2.05, 4.69) is 5.32 Å². The van der Waals surface area contributed by atoms with Gasteiger partial charge in [0.15, 0.2) is 9.84 Å². The van der Waals surface area contributed by atoms with E-state index in [0.717, 1.165) is 16.9 Å². The van der Waals surface area contributed by atoms with Gasteiger partial charge in [-0.05, 0) is 62.6 Å². The third-order valence-electron chi connectivity index (χ3n) is 5.78. The zero-order valence-electron chi connectivity index (χ0n) is 22.9. The number of amides is 1. The van der Waals surface area contributed by atoms with Gasteiger partial charge in [-0.15, -0.1) is 0 Å². The Balaban J connectivity index is 1.88. The van der Waals surface area contributed by atoms with Gasteiger partial charge >= 0.3 is 6.09 Å². The van der Waals surface area contributed by atoms with Crippen LogP contribution in [0.3, 0.4) is 0 Å². The average molecular weight is 552 g/mol. The number of sulfone groups is 1. The van der Waals surface area contributed by atoms with E-state index in [1.807, 2.05) is 66.7 Å². The van der Waals surface area contributed by atoms with Crippen molar-refractivity contribution < 1.29 is 27.4 Å². The largest absolute Gasteiger partial charge is 0.497 e. The van der Waals surface area contributed by atoms with Crippen molar-refractivity contribution in [1.29, 1.82) is 0 Å². The number of carbonyl (C=O) groups excluding carboxylic acids is 1. The molecular formula is C31H37NO6S. The number of hydrogen-bond acceptors (Lipinski definition) is 6. The summed E-state index contributed by atoms with van der Waals surface area (Å²) in [6.45, 7) is 5.56. The molecule has 0 aliphatic carbocycles. The summed E-state index contributed by atoms with van der Waals surface area (Å²) in [7, 11) is -1.98. The molecule has 0 aliphatic heterocycles. The average Bonchev–Trinajstić information content (AvgIpc) is 2.91. The third-order valence-corrected chi connectivity index (χ3v) is 7.54. The predicted octanol–water partition coefficient (Wildman–Crippen LogP) is 6.05. The Kier molecular flexibility index (Phi) is 10.7. The summed E-state index contributed by atoms with van der Waals surface area (Å²) in [4.78, 5) is 13.0. The van der Waals surface area contributed by atoms with E-state index in [-0.39, 0.29) is 23.7 Å². The topological polar surface area (TPSA) is 90.9 Å². The van der Waals surface area contributed by atoms with Gasteiger partial charge in [0.2, 0.25) is 0 Å². The second-order valence-corrected chi connectivity index (χ2v) is 12.2. The fraction of sp³-hybridized carbons (Fsp3) is 0.323. The second kappa shape index (κ2) is 14.0. The number of carbonyl (C=O) groups is 1. The summed E-state index contributed by atoms with van der Waals surface area (Å²) in [5.41, 5.74) is 1.13. The van der Waals surface area contributed by atoms with Crippen LogP contribution in [0.4, 0.5) is 4.79 Å². The highest BCUT2D eigenvalue weighted by molar-refractivity contribution is 7.91. The molecule has 0 saturated heterocycles. The molecule has 0 fully saturated rings. The van der Waals surface area contributed by atoms with Gasteiger partial charge in [0.1, 0.15) is 11.4 Å². The molecule has 0 bridgehead atoms. The lowest BCUT2D eigenvalue weighted by Crippen LogP contribution is -2.46. The number of rotatable bonds is 12. The third kappa shape index (κ3) is 10.2. The van der Waals surface area contributed by atoms with Crippen LogP contribution in [0.5, 0.6) is 5.75 Å². The number of alkyl carbamates (subject to hydrolysis) is 1. The fourth-order valence-electron chi connectivity index (χ4n) is 3.80. The van der Waals surface area contributed by atoms with Gasteiger partial charge in [-0.2, -0.15) is 0 Å². The molecule has 3 aromatic carbocycles. The first kappa shape index (κ1) is 29.9. The van der Waals surface area contributed by atoms with Crippen LogP contribution in [0.15, 0.2) is 95.9 Å². The van der Waals surface area contributed by atoms with Crippen molar-refractivity contribution in [3.63, 3.8) is 0 Å². The molecule has 1 amide bonds. The molecule has 0 heterocycles. The van der Waals surface area contributed by atoms with Crippen molar-refractivity contribution in [2.75, 3.05) is 12.9 Å². The van der Waals surface area contributed by atoms with Crippen LogP contribution in [0, 0.1) is 0 Å². The van der Waals surface area contributed by atoms with E-state index >= 15 is 0 Å². The molecular weight excluding hydrogens is 514 g/mol. The maximum absolute atomic E-state index is 13.1. The molecule has 1 N–H and O–H groups in total. The van der Waals surface area contributed by atoms with Crippen LogP contribution in [0.2, 0.25) is 0 Å². The van der Waals surface area contributed by atoms with Gasteiger partial charge in [-0.25, -0.2) is 13.2 Å². The summed E-state index contributed by atoms with van der Waals surface area (Å²) in [5.74, 6) is 0.550. The van der Waals surface area contributed by atoms with E-state index < -0.39 is 33.7 Å². The Morgan fingerprint density at radius 2 is 1.54 bits per heavy atom. The van der Waals surface area contributed by atoms with Crippen molar-refractivity contribution in [3.8, 4) is 5.75 Å². The number of benzene rings is 3. The predicted molar refractivity (Wildman–Crippen MR) is 153 cm³/mol. The number of nitrogens with one attached hydrogen (secondary N) is 1. The van der Waals surface area contributed by atoms with Crippen LogP contribution in [-0.4, -0.2) is 45.1 Å². The lowest BCUT2D eigenvalue weighted by Gasteiger charge is -2.28. The van der Waals surface area contributed by atoms with E-state index in [1.165, 1.54) is 0 Å². The van der Waals surface area contributed by atoms with Crippen LogP contribution < -0.4 is 10.1 Å². The van der Waals surface area contributed by atoms with E-state index in [0.29, 0.717) is 0 Å². The van der Waals surface area contributed by atoms with Gasteiger partial charge in [-0.3, -0.25) is 0 Å². The van der Waals surface area contributed by atoms with Crippen LogP contribution in [-0.2, 0) is 25.9 Å². The minimum atomic E-state index is -3.59. The molecule has 8 heteroatoms. The minimum absolute atomic E-state index is 0.114. The molecule has 208 valence electrons. The van der Waals surface area contributed by atoms with Gasteiger partial charge in [0.25, 0.3) is 0 Å². The Hall–Kier alpha value is -3.62. The van der Waals surface area contributed by atoms with Crippen LogP contribution in [0.25, 0.3) is 6.08 Å². The van der Waals surface area contributed by atoms with Gasteiger partial charge in [0.05, 0.1) is 36.5 Å². The Labute approximate surface area is 231 Å². The van der Waals surface area contributed by atoms with Crippen molar-refractivity contribution in [2.24, 2.45) is 0 Å². The monoisotopic (exact) mass is 551 g/mol. The van der Waals surface area contributed by atoms with Gasteiger partial charge in [-0.1, -0.05) is 72.8 Å².